The van der Waals surface area contributed by atoms with Crippen LogP contribution in [-0.4, -0.2) is 40.4 Å². The average Bonchev–Trinajstić information content (AvgIpc) is 3.04. The van der Waals surface area contributed by atoms with Crippen molar-refractivity contribution in [2.45, 2.75) is 18.6 Å². The number of aromatic amines is 1. The van der Waals surface area contributed by atoms with E-state index in [4.69, 9.17) is 16.3 Å². The number of nitrogens with zero attached hydrogens (tertiary/aromatic N) is 1. The number of carbonyl (C=O) groups is 2. The van der Waals surface area contributed by atoms with Crippen LogP contribution in [0.25, 0.3) is 10.9 Å². The Morgan fingerprint density at radius 3 is 2.90 bits per heavy atom. The number of benzene rings is 2. The van der Waals surface area contributed by atoms with Crippen LogP contribution in [0.5, 0.6) is 5.75 Å². The van der Waals surface area contributed by atoms with Crippen molar-refractivity contribution in [1.29, 1.82) is 0 Å². The van der Waals surface area contributed by atoms with Gasteiger partial charge in [-0.25, -0.2) is 9.18 Å². The second-order valence-corrected chi connectivity index (χ2v) is 7.99. The quantitative estimate of drug-likeness (QED) is 0.669. The molecule has 1 saturated heterocycles. The van der Waals surface area contributed by atoms with Crippen molar-refractivity contribution in [3.63, 3.8) is 0 Å². The van der Waals surface area contributed by atoms with Crippen molar-refractivity contribution in [2.75, 3.05) is 13.1 Å². The number of likely N-dealkylation sites (tertiary alicyclic amines) is 1. The van der Waals surface area contributed by atoms with E-state index in [9.17, 15) is 14.0 Å². The Hall–Kier alpha value is -3.06. The number of hydrogen-bond donors (Lipinski definition) is 2. The fourth-order valence-corrected chi connectivity index (χ4v) is 4.20. The molecule has 5 rings (SSSR count). The van der Waals surface area contributed by atoms with E-state index >= 15 is 0 Å². The molecule has 0 saturated carbocycles. The van der Waals surface area contributed by atoms with Gasteiger partial charge in [-0.3, -0.25) is 4.79 Å². The molecule has 3 aromatic rings. The number of carbonyl (C=O) groups excluding carboxylic acids is 2. The first-order valence-electron chi connectivity index (χ1n) is 9.23. The summed E-state index contributed by atoms with van der Waals surface area (Å²) < 4.78 is 19.3. The minimum absolute atomic E-state index is 0.137. The largest absolute Gasteiger partial charge is 0.482 e. The molecule has 29 heavy (non-hydrogen) atoms. The zero-order valence-corrected chi connectivity index (χ0v) is 16.1. The Labute approximate surface area is 170 Å². The number of nitrogens with one attached hydrogen (secondary N) is 2. The van der Waals surface area contributed by atoms with Gasteiger partial charge in [-0.05, 0) is 42.0 Å². The summed E-state index contributed by atoms with van der Waals surface area (Å²) in [5.74, 6) is -0.253. The molecule has 6 nitrogen and oxygen atoms in total. The molecule has 0 atom stereocenters. The van der Waals surface area contributed by atoms with Crippen molar-refractivity contribution < 1.29 is 18.7 Å². The molecule has 2 amide bonds. The molecular weight excluding hydrogens is 397 g/mol. The van der Waals surface area contributed by atoms with Crippen molar-refractivity contribution in [2.24, 2.45) is 0 Å². The van der Waals surface area contributed by atoms with E-state index in [1.807, 2.05) is 24.3 Å². The third kappa shape index (κ3) is 3.21. The number of H-pyrrole nitrogens is 1. The maximum atomic E-state index is 13.4. The number of amides is 2. The van der Waals surface area contributed by atoms with Crippen LogP contribution in [-0.2, 0) is 6.54 Å². The van der Waals surface area contributed by atoms with Crippen molar-refractivity contribution in [3.8, 4) is 5.75 Å². The molecule has 0 bridgehead atoms. The SMILES string of the molecule is O=C1CC2(CN(C(=O)NCc3ccc4[nH]c(Cl)cc4c3)C2)Oc2ccc(F)cc21. The van der Waals surface area contributed by atoms with Gasteiger partial charge in [-0.1, -0.05) is 17.7 Å². The number of Topliss-reactive ketones (excluding diaryl/α,β-unsaturated/α-hetero) is 1. The third-order valence-electron chi connectivity index (χ3n) is 5.39. The van der Waals surface area contributed by atoms with Gasteiger partial charge >= 0.3 is 6.03 Å². The summed E-state index contributed by atoms with van der Waals surface area (Å²) in [6.07, 6.45) is 0.137. The van der Waals surface area contributed by atoms with E-state index in [1.165, 1.54) is 18.2 Å². The maximum absolute atomic E-state index is 13.4. The highest BCUT2D eigenvalue weighted by Crippen LogP contribution is 2.39. The lowest BCUT2D eigenvalue weighted by molar-refractivity contribution is -0.0597. The molecule has 8 heteroatoms. The summed E-state index contributed by atoms with van der Waals surface area (Å²) >= 11 is 5.97. The molecule has 2 aromatic carbocycles. The second kappa shape index (κ2) is 6.49. The number of rotatable bonds is 2. The Bertz CT molecular complexity index is 1150. The highest BCUT2D eigenvalue weighted by atomic mass is 35.5. The first kappa shape index (κ1) is 18.0. The topological polar surface area (TPSA) is 74.4 Å². The van der Waals surface area contributed by atoms with Crippen LogP contribution in [0, 0.1) is 5.82 Å². The van der Waals surface area contributed by atoms with Crippen LogP contribution >= 0.6 is 11.6 Å². The van der Waals surface area contributed by atoms with Gasteiger partial charge in [0.25, 0.3) is 0 Å². The summed E-state index contributed by atoms with van der Waals surface area (Å²) in [6, 6.07) is 11.4. The number of halogens is 2. The lowest BCUT2D eigenvalue weighted by atomic mass is 9.84. The average molecular weight is 414 g/mol. The van der Waals surface area contributed by atoms with Gasteiger partial charge in [0.05, 0.1) is 25.1 Å². The van der Waals surface area contributed by atoms with Gasteiger partial charge < -0.3 is 19.9 Å². The van der Waals surface area contributed by atoms with Gasteiger partial charge in [-0.2, -0.15) is 0 Å². The number of ether oxygens (including phenoxy) is 1. The number of fused-ring (bicyclic) bond motifs is 2. The standard InChI is InChI=1S/C21H17ClFN3O3/c22-19-6-13-5-12(1-3-16(13)25-19)9-24-20(28)26-10-21(11-26)8-17(27)15-7-14(23)2-4-18(15)29-21/h1-7,25H,8-11H2,(H,24,28). The van der Waals surface area contributed by atoms with Crippen LogP contribution in [0.3, 0.4) is 0 Å². The minimum atomic E-state index is -0.722. The zero-order valence-electron chi connectivity index (χ0n) is 15.3. The van der Waals surface area contributed by atoms with E-state index < -0.39 is 11.4 Å². The van der Waals surface area contributed by atoms with Crippen LogP contribution in [0.2, 0.25) is 5.15 Å². The molecule has 1 aromatic heterocycles. The second-order valence-electron chi connectivity index (χ2n) is 7.58. The van der Waals surface area contributed by atoms with E-state index in [2.05, 4.69) is 10.3 Å². The van der Waals surface area contributed by atoms with Crippen LogP contribution in [0.4, 0.5) is 9.18 Å². The molecule has 3 heterocycles. The van der Waals surface area contributed by atoms with Gasteiger partial charge in [0.1, 0.15) is 16.7 Å². The van der Waals surface area contributed by atoms with E-state index in [0.717, 1.165) is 16.5 Å². The van der Waals surface area contributed by atoms with Crippen LogP contribution < -0.4 is 10.1 Å². The number of ketones is 1. The summed E-state index contributed by atoms with van der Waals surface area (Å²) in [4.78, 5) is 29.5. The lowest BCUT2D eigenvalue weighted by Gasteiger charge is -2.50. The van der Waals surface area contributed by atoms with E-state index in [0.29, 0.717) is 30.5 Å². The number of aromatic nitrogens is 1. The normalized spacial score (nSPS) is 17.0. The highest BCUT2D eigenvalue weighted by Gasteiger charge is 2.51. The highest BCUT2D eigenvalue weighted by molar-refractivity contribution is 6.30. The molecule has 1 spiro atoms. The summed E-state index contributed by atoms with van der Waals surface area (Å²) in [7, 11) is 0. The fraction of sp³-hybridized carbons (Fsp3) is 0.238. The van der Waals surface area contributed by atoms with E-state index in [1.54, 1.807) is 4.90 Å². The zero-order chi connectivity index (χ0) is 20.2. The third-order valence-corrected chi connectivity index (χ3v) is 5.60. The van der Waals surface area contributed by atoms with E-state index in [-0.39, 0.29) is 23.8 Å². The van der Waals surface area contributed by atoms with Crippen LogP contribution in [0.15, 0.2) is 42.5 Å². The first-order valence-corrected chi connectivity index (χ1v) is 9.60. The fourth-order valence-electron chi connectivity index (χ4n) is 3.98. The summed E-state index contributed by atoms with van der Waals surface area (Å²) in [5, 5.41) is 4.43. The molecular formula is C21H17ClFN3O3. The molecule has 1 fully saturated rings. The van der Waals surface area contributed by atoms with Gasteiger partial charge in [0.2, 0.25) is 0 Å². The predicted molar refractivity (Wildman–Crippen MR) is 106 cm³/mol. The Balaban J connectivity index is 1.21. The Morgan fingerprint density at radius 2 is 2.07 bits per heavy atom. The van der Waals surface area contributed by atoms with Crippen molar-refractivity contribution in [1.82, 2.24) is 15.2 Å². The predicted octanol–water partition coefficient (Wildman–Crippen LogP) is 3.89. The molecule has 148 valence electrons. The van der Waals surface area contributed by atoms with Crippen molar-refractivity contribution >= 4 is 34.3 Å². The monoisotopic (exact) mass is 413 g/mol. The molecule has 0 radical (unpaired) electrons. The van der Waals surface area contributed by atoms with Crippen LogP contribution in [0.1, 0.15) is 22.3 Å². The number of urea groups is 1. The molecule has 2 N–H and O–H groups in total. The molecule has 2 aliphatic rings. The summed E-state index contributed by atoms with van der Waals surface area (Å²) in [6.45, 7) is 1.00. The number of hydrogen-bond acceptors (Lipinski definition) is 3. The smallest absolute Gasteiger partial charge is 0.317 e. The minimum Gasteiger partial charge on any atom is -0.482 e. The molecule has 2 aliphatic heterocycles. The Morgan fingerprint density at radius 1 is 1.24 bits per heavy atom. The maximum Gasteiger partial charge on any atom is 0.317 e. The molecule has 0 unspecified atom stereocenters. The van der Waals surface area contributed by atoms with Crippen molar-refractivity contribution in [3.05, 3.63) is 64.6 Å². The lowest BCUT2D eigenvalue weighted by Crippen LogP contribution is -2.69. The van der Waals surface area contributed by atoms with Gasteiger partial charge in [-0.15, -0.1) is 0 Å². The van der Waals surface area contributed by atoms with Gasteiger partial charge in [0, 0.05) is 17.4 Å². The first-order chi connectivity index (χ1) is 13.9. The van der Waals surface area contributed by atoms with Gasteiger partial charge in [0.15, 0.2) is 11.4 Å². The molecule has 0 aliphatic carbocycles. The summed E-state index contributed by atoms with van der Waals surface area (Å²) in [5.41, 5.74) is 1.43. The Kier molecular flexibility index (Phi) is 4.03.